The van der Waals surface area contributed by atoms with Crippen LogP contribution in [-0.4, -0.2) is 29.9 Å². The number of carbonyl (C=O) groups is 1. The van der Waals surface area contributed by atoms with Gasteiger partial charge in [0, 0.05) is 6.42 Å². The van der Waals surface area contributed by atoms with Crippen molar-refractivity contribution in [2.24, 2.45) is 0 Å². The Bertz CT molecular complexity index is 82.2. The fourth-order valence-electron chi connectivity index (χ4n) is 0.437. The third kappa shape index (κ3) is 11.4. The molecule has 0 heterocycles. The van der Waals surface area contributed by atoms with Crippen LogP contribution in [0.15, 0.2) is 0 Å². The molecule has 0 amide bonds. The molecule has 0 bridgehead atoms. The van der Waals surface area contributed by atoms with E-state index in [1.54, 1.807) is 0 Å². The molecule has 0 aromatic heterocycles. The largest absolute Gasteiger partial charge is 3.00 e. The molecule has 10 heavy (non-hydrogen) atoms. The van der Waals surface area contributed by atoms with E-state index in [1.165, 1.54) is 0 Å². The van der Waals surface area contributed by atoms with E-state index in [-0.39, 0.29) is 47.9 Å². The molecule has 56 valence electrons. The maximum atomic E-state index is 10.4. The summed E-state index contributed by atoms with van der Waals surface area (Å²) in [5, 5.41) is 0. The Labute approximate surface area is 90.9 Å². The Balaban J connectivity index is -0.0000000163. The first kappa shape index (κ1) is 16.9. The Morgan fingerprint density at radius 2 is 2.00 bits per heavy atom. The van der Waals surface area contributed by atoms with Gasteiger partial charge in [-0.2, -0.15) is 0 Å². The van der Waals surface area contributed by atoms with Crippen molar-refractivity contribution in [2.45, 2.75) is 26.7 Å². The first-order chi connectivity index (χ1) is 3.81. The van der Waals surface area contributed by atoms with Crippen LogP contribution in [0, 0.1) is 0 Å². The van der Waals surface area contributed by atoms with Crippen LogP contribution in [0.25, 0.3) is 0 Å². The zero-order valence-electron chi connectivity index (χ0n) is 11.0. The van der Waals surface area contributed by atoms with Crippen molar-refractivity contribution in [1.82, 2.24) is 0 Å². The number of carbonyl (C=O) groups excluding carboxylic acids is 1. The van der Waals surface area contributed by atoms with Gasteiger partial charge < -0.3 is 10.4 Å². The van der Waals surface area contributed by atoms with E-state index >= 15 is 0 Å². The molecule has 0 aliphatic rings. The minimum absolute atomic E-state index is 0. The van der Waals surface area contributed by atoms with Crippen LogP contribution in [0.4, 0.5) is 0 Å². The quantitative estimate of drug-likeness (QED) is 0.362. The van der Waals surface area contributed by atoms with Crippen molar-refractivity contribution in [3.63, 3.8) is 0 Å². The van der Waals surface area contributed by atoms with Crippen LogP contribution < -0.4 is 18.9 Å². The smallest absolute Gasteiger partial charge is 1.00 e. The SMILES string of the molecule is CCCC(=O)OCC.[Al+3].[H-].[H-].[H-].[H-].[Li+]. The van der Waals surface area contributed by atoms with E-state index < -0.39 is 0 Å². The fraction of sp³-hybridized carbons (Fsp3) is 0.833. The molecule has 0 unspecified atom stereocenters. The molecule has 0 fully saturated rings. The van der Waals surface area contributed by atoms with Gasteiger partial charge in [-0.05, 0) is 13.3 Å². The molecule has 0 N–H and O–H groups in total. The average Bonchev–Trinajstić information content (AvgIpc) is 1.68. The van der Waals surface area contributed by atoms with Gasteiger partial charge in [0.25, 0.3) is 0 Å². The summed E-state index contributed by atoms with van der Waals surface area (Å²) in [6.45, 7) is 4.27. The summed E-state index contributed by atoms with van der Waals surface area (Å²) in [4.78, 5) is 10.4. The minimum Gasteiger partial charge on any atom is -1.00 e. The zero-order chi connectivity index (χ0) is 6.41. The average molecular weight is 154 g/mol. The molecule has 0 atom stereocenters. The van der Waals surface area contributed by atoms with Crippen molar-refractivity contribution < 1.29 is 34.1 Å². The predicted octanol–water partition coefficient (Wildman–Crippen LogP) is -1.58. The number of esters is 1. The second-order valence-corrected chi connectivity index (χ2v) is 1.56. The van der Waals surface area contributed by atoms with Crippen LogP contribution in [0.1, 0.15) is 32.4 Å². The van der Waals surface area contributed by atoms with E-state index in [0.717, 1.165) is 6.42 Å². The third-order valence-electron chi connectivity index (χ3n) is 0.759. The molecule has 0 saturated carbocycles. The van der Waals surface area contributed by atoms with Crippen LogP contribution >= 0.6 is 0 Å². The summed E-state index contributed by atoms with van der Waals surface area (Å²) in [6.07, 6.45) is 1.42. The third-order valence-corrected chi connectivity index (χ3v) is 0.759. The maximum absolute atomic E-state index is 10.4. The molecular weight excluding hydrogens is 138 g/mol. The summed E-state index contributed by atoms with van der Waals surface area (Å²) in [7, 11) is 0. The van der Waals surface area contributed by atoms with Gasteiger partial charge in [-0.25, -0.2) is 0 Å². The summed E-state index contributed by atoms with van der Waals surface area (Å²) < 4.78 is 4.64. The number of hydrogen-bond acceptors (Lipinski definition) is 2. The first-order valence-corrected chi connectivity index (χ1v) is 2.96. The van der Waals surface area contributed by atoms with E-state index in [0.29, 0.717) is 13.0 Å². The van der Waals surface area contributed by atoms with E-state index in [4.69, 9.17) is 0 Å². The van der Waals surface area contributed by atoms with E-state index in [9.17, 15) is 4.79 Å². The van der Waals surface area contributed by atoms with Crippen LogP contribution in [0.2, 0.25) is 0 Å². The Kier molecular flexibility index (Phi) is 20.8. The standard InChI is InChI=1S/C6H12O2.Al.Li.4H/c1-3-5-6(7)8-4-2;;;;;;/h3-5H2,1-2H3;;;;;;/q;+3;+1;4*-1. The summed E-state index contributed by atoms with van der Waals surface area (Å²) in [5.41, 5.74) is 0. The molecule has 0 spiro atoms. The molecule has 0 aromatic rings. The van der Waals surface area contributed by atoms with Gasteiger partial charge in [0.05, 0.1) is 6.61 Å². The molecule has 0 radical (unpaired) electrons. The first-order valence-electron chi connectivity index (χ1n) is 2.96. The van der Waals surface area contributed by atoms with Crippen molar-refractivity contribution in [2.75, 3.05) is 6.61 Å². The van der Waals surface area contributed by atoms with E-state index in [2.05, 4.69) is 4.74 Å². The summed E-state index contributed by atoms with van der Waals surface area (Å²) >= 11 is 0. The molecule has 0 aliphatic carbocycles. The van der Waals surface area contributed by atoms with Gasteiger partial charge in [-0.1, -0.05) is 6.92 Å². The number of ether oxygens (including phenoxy) is 1. The van der Waals surface area contributed by atoms with Gasteiger partial charge in [-0.3, -0.25) is 4.79 Å². The second-order valence-electron chi connectivity index (χ2n) is 1.56. The van der Waals surface area contributed by atoms with Gasteiger partial charge in [0.2, 0.25) is 0 Å². The fourth-order valence-corrected chi connectivity index (χ4v) is 0.437. The van der Waals surface area contributed by atoms with Gasteiger partial charge in [-0.15, -0.1) is 0 Å². The molecule has 0 aliphatic heterocycles. The predicted molar refractivity (Wildman–Crippen MR) is 41.7 cm³/mol. The van der Waals surface area contributed by atoms with Crippen LogP contribution in [0.3, 0.4) is 0 Å². The van der Waals surface area contributed by atoms with Crippen molar-refractivity contribution >= 4 is 23.3 Å². The van der Waals surface area contributed by atoms with Gasteiger partial charge in [0.15, 0.2) is 0 Å². The van der Waals surface area contributed by atoms with Gasteiger partial charge in [0.1, 0.15) is 0 Å². The molecule has 0 saturated heterocycles. The van der Waals surface area contributed by atoms with Crippen LogP contribution in [-0.2, 0) is 9.53 Å². The van der Waals surface area contributed by atoms with Crippen LogP contribution in [0.5, 0.6) is 0 Å². The molecule has 0 aromatic carbocycles. The molecule has 2 nitrogen and oxygen atoms in total. The topological polar surface area (TPSA) is 26.3 Å². The van der Waals surface area contributed by atoms with Crippen molar-refractivity contribution in [3.8, 4) is 0 Å². The summed E-state index contributed by atoms with van der Waals surface area (Å²) in [5.74, 6) is -0.0880. The number of rotatable bonds is 3. The Morgan fingerprint density at radius 1 is 1.50 bits per heavy atom. The maximum Gasteiger partial charge on any atom is 3.00 e. The summed E-state index contributed by atoms with van der Waals surface area (Å²) in [6, 6.07) is 0. The van der Waals surface area contributed by atoms with Gasteiger partial charge >= 0.3 is 42.2 Å². The van der Waals surface area contributed by atoms with Crippen molar-refractivity contribution in [3.05, 3.63) is 0 Å². The zero-order valence-corrected chi connectivity index (χ0v) is 8.17. The molecule has 4 heteroatoms. The molecular formula is C6H16AlLiO2. The monoisotopic (exact) mass is 154 g/mol. The number of hydrogen-bond donors (Lipinski definition) is 0. The molecule has 0 rings (SSSR count). The van der Waals surface area contributed by atoms with Crippen molar-refractivity contribution in [1.29, 1.82) is 0 Å². The Hall–Kier alpha value is 0.600. The minimum atomic E-state index is -0.0880. The Morgan fingerprint density at radius 3 is 2.30 bits per heavy atom. The second kappa shape index (κ2) is 12.3. The van der Waals surface area contributed by atoms with E-state index in [1.807, 2.05) is 13.8 Å². The normalized spacial score (nSPS) is 7.00.